The zero-order valence-electron chi connectivity index (χ0n) is 3.64. The van der Waals surface area contributed by atoms with Crippen LogP contribution in [0.25, 0.3) is 0 Å². The van der Waals surface area contributed by atoms with E-state index in [4.69, 9.17) is 0 Å². The van der Waals surface area contributed by atoms with Gasteiger partial charge in [-0.25, -0.2) is 13.1 Å². The average Bonchev–Trinajstić information content (AvgIpc) is 1.64. The fraction of sp³-hybridized carbons (Fsp3) is 0. The molecular formula is CH4N2O2S3. The smallest absolute Gasteiger partial charge is 0.255 e. The Kier molecular flexibility index (Phi) is 3.45. The van der Waals surface area contributed by atoms with Gasteiger partial charge in [0.15, 0.2) is 11.0 Å². The maximum absolute atomic E-state index is 10.2. The molecule has 0 spiro atoms. The van der Waals surface area contributed by atoms with Crippen molar-refractivity contribution < 1.29 is 9.00 Å². The summed E-state index contributed by atoms with van der Waals surface area (Å²) in [6.07, 6.45) is 0. The normalized spacial score (nSPS) is 12.9. The number of nitrogens with two attached hydrogens (primary N) is 1. The van der Waals surface area contributed by atoms with Crippen LogP contribution in [-0.4, -0.2) is 13.2 Å². The Bertz CT molecular complexity index is 122. The average molecular weight is 172 g/mol. The molecule has 0 bridgehead atoms. The van der Waals surface area contributed by atoms with Crippen LogP contribution in [0.3, 0.4) is 0 Å². The molecule has 2 N–H and O–H groups in total. The molecule has 4 nitrogen and oxygen atoms in total. The first-order chi connectivity index (χ1) is 3.55. The van der Waals surface area contributed by atoms with E-state index in [1.807, 2.05) is 0 Å². The molecule has 8 heavy (non-hydrogen) atoms. The van der Waals surface area contributed by atoms with Gasteiger partial charge in [0.25, 0.3) is 0 Å². The van der Waals surface area contributed by atoms with Crippen LogP contribution >= 0.6 is 25.6 Å². The maximum atomic E-state index is 10.2. The van der Waals surface area contributed by atoms with E-state index in [0.717, 1.165) is 0 Å². The molecule has 0 rings (SSSR count). The maximum Gasteiger partial charge on any atom is 0.346 e. The topological polar surface area (TPSA) is 63.4 Å². The van der Waals surface area contributed by atoms with Gasteiger partial charge in [-0.2, -0.15) is 0 Å². The Balaban J connectivity index is 3.84. The Labute approximate surface area is 60.1 Å². The zero-order chi connectivity index (χ0) is 6.73. The minimum atomic E-state index is -2.01. The molecule has 48 valence electrons. The molecule has 0 saturated carbocycles. The summed E-state index contributed by atoms with van der Waals surface area (Å²) in [5, 5.41) is 3.78. The first kappa shape index (κ1) is 8.28. The van der Waals surface area contributed by atoms with E-state index in [1.165, 1.54) is 0 Å². The number of hydrogen-bond acceptors (Lipinski definition) is 4. The molecule has 0 heterocycles. The van der Waals surface area contributed by atoms with Crippen LogP contribution < -0.4 is 5.14 Å². The molecule has 0 radical (unpaired) electrons. The molecule has 0 aromatic rings. The standard InChI is InChI=1S/CH4N2O2S3/c2-8(5)1(4)3(6)7/h6-7H,2H2. The lowest BCUT2D eigenvalue weighted by molar-refractivity contribution is 0.258. The third-order valence-electron chi connectivity index (χ3n) is 0.335. The molecule has 0 aliphatic carbocycles. The summed E-state index contributed by atoms with van der Waals surface area (Å²) in [5.74, 6) is 0. The van der Waals surface area contributed by atoms with Gasteiger partial charge in [-0.1, -0.05) is 25.6 Å². The van der Waals surface area contributed by atoms with E-state index in [2.05, 4.69) is 30.8 Å². The Morgan fingerprint density at radius 3 is 2.00 bits per heavy atom. The lowest BCUT2D eigenvalue weighted by Gasteiger charge is -2.00. The van der Waals surface area contributed by atoms with E-state index in [-0.39, 0.29) is 0 Å². The van der Waals surface area contributed by atoms with Crippen LogP contribution in [0.15, 0.2) is 0 Å². The highest BCUT2D eigenvalue weighted by Crippen LogP contribution is 1.99. The number of rotatable bonds is 0. The van der Waals surface area contributed by atoms with Crippen molar-refractivity contribution in [1.29, 1.82) is 0 Å². The van der Waals surface area contributed by atoms with Crippen molar-refractivity contribution in [1.82, 2.24) is 3.71 Å². The quantitative estimate of drug-likeness (QED) is 0.440. The molecule has 1 atom stereocenters. The van der Waals surface area contributed by atoms with Crippen molar-refractivity contribution in [2.45, 2.75) is 0 Å². The number of carbonyl (C=O) groups is 1. The predicted octanol–water partition coefficient (Wildman–Crippen LogP) is -0.280. The monoisotopic (exact) mass is 172 g/mol. The second-order valence-corrected chi connectivity index (χ2v) is 2.91. The summed E-state index contributed by atoms with van der Waals surface area (Å²) < 4.78 is 10.6. The molecule has 0 aliphatic rings. The third-order valence-corrected chi connectivity index (χ3v) is 1.50. The van der Waals surface area contributed by atoms with Crippen LogP contribution in [0.1, 0.15) is 0 Å². The summed E-state index contributed by atoms with van der Waals surface area (Å²) in [7, 11) is -2.01. The molecule has 0 fully saturated rings. The van der Waals surface area contributed by atoms with Crippen LogP contribution in [0.4, 0.5) is 4.79 Å². The van der Waals surface area contributed by atoms with Crippen molar-refractivity contribution >= 4 is 41.9 Å². The minimum absolute atomic E-state index is 0.566. The highest BCUT2D eigenvalue weighted by molar-refractivity contribution is 8.03. The molecular weight excluding hydrogens is 168 g/mol. The molecule has 0 saturated heterocycles. The number of nitrogens with zero attached hydrogens (tertiary/aromatic N) is 1. The second-order valence-electron chi connectivity index (χ2n) is 0.853. The Hall–Kier alpha value is 0.280. The molecule has 7 heteroatoms. The number of thiol groups is 2. The van der Waals surface area contributed by atoms with Crippen molar-refractivity contribution in [3.63, 3.8) is 0 Å². The fourth-order valence-corrected chi connectivity index (χ4v) is 0.724. The Morgan fingerprint density at radius 2 is 2.00 bits per heavy atom. The van der Waals surface area contributed by atoms with Gasteiger partial charge in [0.05, 0.1) is 0 Å². The molecule has 0 aromatic carbocycles. The Morgan fingerprint density at radius 1 is 1.62 bits per heavy atom. The van der Waals surface area contributed by atoms with Crippen LogP contribution in [0.5, 0.6) is 0 Å². The van der Waals surface area contributed by atoms with E-state index < -0.39 is 16.2 Å². The summed E-state index contributed by atoms with van der Waals surface area (Å²) in [6.45, 7) is 0. The van der Waals surface area contributed by atoms with Gasteiger partial charge in [-0.15, -0.1) is 0 Å². The third kappa shape index (κ3) is 2.55. The van der Waals surface area contributed by atoms with E-state index >= 15 is 0 Å². The highest BCUT2D eigenvalue weighted by Gasteiger charge is 2.09. The van der Waals surface area contributed by atoms with Crippen molar-refractivity contribution in [3.05, 3.63) is 0 Å². The lowest BCUT2D eigenvalue weighted by atomic mass is 11.4. The molecule has 0 aliphatic heterocycles. The number of carbonyl (C=O) groups excluding carboxylic acids is 1. The van der Waals surface area contributed by atoms with Gasteiger partial charge in [-0.05, 0) is 0 Å². The van der Waals surface area contributed by atoms with Crippen LogP contribution in [0.2, 0.25) is 0 Å². The predicted molar refractivity (Wildman–Crippen MR) is 37.5 cm³/mol. The minimum Gasteiger partial charge on any atom is -0.255 e. The van der Waals surface area contributed by atoms with Crippen molar-refractivity contribution in [3.8, 4) is 0 Å². The molecule has 0 aromatic heterocycles. The van der Waals surface area contributed by atoms with Crippen LogP contribution in [0, 0.1) is 0 Å². The van der Waals surface area contributed by atoms with E-state index in [1.54, 1.807) is 0 Å². The number of amides is 1. The largest absolute Gasteiger partial charge is 0.346 e. The summed E-state index contributed by atoms with van der Waals surface area (Å²) in [6, 6.07) is 0. The molecule has 1 unspecified atom stereocenters. The SMILES string of the molecule is NS(=O)C(=O)N(S)S. The number of hydrogen-bond donors (Lipinski definition) is 3. The van der Waals surface area contributed by atoms with E-state index in [9.17, 15) is 9.00 Å². The van der Waals surface area contributed by atoms with Gasteiger partial charge in [-0.3, -0.25) is 4.79 Å². The zero-order valence-corrected chi connectivity index (χ0v) is 6.25. The fourth-order valence-electron chi connectivity index (χ4n) is 0.0805. The van der Waals surface area contributed by atoms with Crippen molar-refractivity contribution in [2.75, 3.05) is 0 Å². The first-order valence-electron chi connectivity index (χ1n) is 1.43. The van der Waals surface area contributed by atoms with Gasteiger partial charge in [0.1, 0.15) is 0 Å². The first-order valence-corrected chi connectivity index (χ1v) is 3.45. The highest BCUT2D eigenvalue weighted by atomic mass is 32.2. The second kappa shape index (κ2) is 3.33. The summed E-state index contributed by atoms with van der Waals surface area (Å²) >= 11 is 6.81. The molecule has 1 amide bonds. The van der Waals surface area contributed by atoms with Gasteiger partial charge in [0.2, 0.25) is 0 Å². The van der Waals surface area contributed by atoms with Crippen LogP contribution in [-0.2, 0) is 11.0 Å². The van der Waals surface area contributed by atoms with Gasteiger partial charge in [0, 0.05) is 0 Å². The van der Waals surface area contributed by atoms with Crippen molar-refractivity contribution in [2.24, 2.45) is 5.14 Å². The summed E-state index contributed by atoms with van der Waals surface area (Å²) in [4.78, 5) is 10.2. The van der Waals surface area contributed by atoms with Gasteiger partial charge >= 0.3 is 5.24 Å². The summed E-state index contributed by atoms with van der Waals surface area (Å²) in [5.41, 5.74) is 0. The van der Waals surface area contributed by atoms with Gasteiger partial charge < -0.3 is 0 Å². The lowest BCUT2D eigenvalue weighted by Crippen LogP contribution is -2.21. The van der Waals surface area contributed by atoms with E-state index in [0.29, 0.717) is 3.71 Å².